The number of methoxy groups -OCH3 is 1. The summed E-state index contributed by atoms with van der Waals surface area (Å²) in [4.78, 5) is 14.4. The van der Waals surface area contributed by atoms with Crippen molar-refractivity contribution in [2.45, 2.75) is 43.7 Å². The van der Waals surface area contributed by atoms with E-state index >= 15 is 0 Å². The number of carbonyl (C=O) groups is 1. The average molecular weight is 304 g/mol. The number of hydrogen-bond acceptors (Lipinski definition) is 5. The summed E-state index contributed by atoms with van der Waals surface area (Å²) in [6.07, 6.45) is 3.81. The van der Waals surface area contributed by atoms with Gasteiger partial charge in [0.25, 0.3) is 0 Å². The van der Waals surface area contributed by atoms with Gasteiger partial charge in [-0.1, -0.05) is 12.8 Å². The van der Waals surface area contributed by atoms with Gasteiger partial charge in [-0.15, -0.1) is 0 Å². The number of hydrogen-bond donors (Lipinski definition) is 1. The molecule has 7 heteroatoms. The second-order valence-corrected chi connectivity index (χ2v) is 8.14. The van der Waals surface area contributed by atoms with Crippen molar-refractivity contribution in [1.29, 1.82) is 0 Å². The Hall–Kier alpha value is -0.660. The van der Waals surface area contributed by atoms with E-state index < -0.39 is 15.4 Å². The van der Waals surface area contributed by atoms with E-state index in [1.54, 1.807) is 12.0 Å². The minimum absolute atomic E-state index is 0.0541. The zero-order valence-electron chi connectivity index (χ0n) is 12.0. The van der Waals surface area contributed by atoms with Crippen LogP contribution in [0.3, 0.4) is 0 Å². The molecule has 2 rings (SSSR count). The lowest BCUT2D eigenvalue weighted by atomic mass is 9.96. The highest BCUT2D eigenvalue weighted by atomic mass is 32.2. The molecule has 1 saturated carbocycles. The first-order valence-corrected chi connectivity index (χ1v) is 8.99. The van der Waals surface area contributed by atoms with Crippen molar-refractivity contribution in [2.24, 2.45) is 5.73 Å². The topological polar surface area (TPSA) is 89.7 Å². The van der Waals surface area contributed by atoms with Crippen LogP contribution in [0.25, 0.3) is 0 Å². The van der Waals surface area contributed by atoms with Crippen LogP contribution in [0.15, 0.2) is 0 Å². The van der Waals surface area contributed by atoms with Gasteiger partial charge in [0.1, 0.15) is 0 Å². The van der Waals surface area contributed by atoms with Crippen molar-refractivity contribution >= 4 is 15.7 Å². The number of carbonyl (C=O) groups excluding carboxylic acids is 1. The van der Waals surface area contributed by atoms with Crippen molar-refractivity contribution < 1.29 is 17.9 Å². The van der Waals surface area contributed by atoms with Crippen molar-refractivity contribution in [1.82, 2.24) is 4.90 Å². The lowest BCUT2D eigenvalue weighted by Crippen LogP contribution is -2.57. The first kappa shape index (κ1) is 15.7. The molecule has 0 aromatic rings. The third kappa shape index (κ3) is 3.32. The zero-order valence-corrected chi connectivity index (χ0v) is 12.8. The van der Waals surface area contributed by atoms with Crippen molar-refractivity contribution in [3.05, 3.63) is 0 Å². The van der Waals surface area contributed by atoms with Crippen molar-refractivity contribution in [2.75, 3.05) is 31.8 Å². The molecule has 20 heavy (non-hydrogen) atoms. The van der Waals surface area contributed by atoms with Crippen molar-refractivity contribution in [3.8, 4) is 0 Å². The predicted octanol–water partition coefficient (Wildman–Crippen LogP) is -0.0800. The van der Waals surface area contributed by atoms with Gasteiger partial charge in [-0.05, 0) is 19.3 Å². The zero-order chi connectivity index (χ0) is 14.8. The number of rotatable bonds is 5. The summed E-state index contributed by atoms with van der Waals surface area (Å²) in [6.45, 7) is 0.812. The van der Waals surface area contributed by atoms with Crippen LogP contribution in [0.4, 0.5) is 0 Å². The van der Waals surface area contributed by atoms with Gasteiger partial charge in [0.05, 0.1) is 23.7 Å². The van der Waals surface area contributed by atoms with Gasteiger partial charge in [-0.2, -0.15) is 0 Å². The van der Waals surface area contributed by atoms with Crippen LogP contribution in [0.5, 0.6) is 0 Å². The molecular weight excluding hydrogens is 280 g/mol. The van der Waals surface area contributed by atoms with Gasteiger partial charge in [0.15, 0.2) is 9.84 Å². The molecular formula is C13H24N2O4S. The summed E-state index contributed by atoms with van der Waals surface area (Å²) in [6, 6.07) is -0.247. The van der Waals surface area contributed by atoms with Crippen LogP contribution in [-0.2, 0) is 19.4 Å². The minimum atomic E-state index is -3.02. The number of sulfone groups is 1. The Morgan fingerprint density at radius 2 is 2.05 bits per heavy atom. The molecule has 1 saturated heterocycles. The van der Waals surface area contributed by atoms with Crippen LogP contribution < -0.4 is 5.73 Å². The molecule has 0 aromatic carbocycles. The fraction of sp³-hybridized carbons (Fsp3) is 0.923. The summed E-state index contributed by atoms with van der Waals surface area (Å²) < 4.78 is 28.3. The minimum Gasteiger partial charge on any atom is -0.383 e. The van der Waals surface area contributed by atoms with E-state index in [9.17, 15) is 13.2 Å². The normalized spacial score (nSPS) is 27.6. The Kier molecular flexibility index (Phi) is 4.71. The van der Waals surface area contributed by atoms with Crippen LogP contribution in [0.2, 0.25) is 0 Å². The van der Waals surface area contributed by atoms with Crippen molar-refractivity contribution in [3.63, 3.8) is 0 Å². The van der Waals surface area contributed by atoms with E-state index in [2.05, 4.69) is 0 Å². The molecule has 2 aliphatic rings. The monoisotopic (exact) mass is 304 g/mol. The smallest absolute Gasteiger partial charge is 0.243 e. The molecule has 1 heterocycles. The van der Waals surface area contributed by atoms with E-state index in [0.717, 1.165) is 12.8 Å². The Labute approximate surface area is 120 Å². The molecule has 0 radical (unpaired) electrons. The molecule has 1 aliphatic heterocycles. The number of nitrogens with two attached hydrogens (primary N) is 1. The highest BCUT2D eigenvalue weighted by Gasteiger charge is 2.43. The SMILES string of the molecule is COCCN(C(=O)C1(N)CCCC1)C1CCS(=O)(=O)C1. The number of nitrogens with zero attached hydrogens (tertiary/aromatic N) is 1. The van der Waals surface area contributed by atoms with E-state index in [1.165, 1.54) is 0 Å². The van der Waals surface area contributed by atoms with Crippen LogP contribution >= 0.6 is 0 Å². The number of amides is 1. The van der Waals surface area contributed by atoms with E-state index in [-0.39, 0.29) is 23.5 Å². The molecule has 1 atom stereocenters. The predicted molar refractivity (Wildman–Crippen MR) is 76.0 cm³/mol. The van der Waals surface area contributed by atoms with Gasteiger partial charge < -0.3 is 15.4 Å². The van der Waals surface area contributed by atoms with Crippen LogP contribution in [0, 0.1) is 0 Å². The molecule has 1 unspecified atom stereocenters. The number of ether oxygens (including phenoxy) is 1. The molecule has 0 aromatic heterocycles. The quantitative estimate of drug-likeness (QED) is 0.767. The molecule has 6 nitrogen and oxygen atoms in total. The molecule has 0 bridgehead atoms. The lowest BCUT2D eigenvalue weighted by molar-refractivity contribution is -0.139. The summed E-state index contributed by atoms with van der Waals surface area (Å²) >= 11 is 0. The third-order valence-electron chi connectivity index (χ3n) is 4.37. The Morgan fingerprint density at radius 3 is 2.55 bits per heavy atom. The Morgan fingerprint density at radius 1 is 1.40 bits per heavy atom. The Balaban J connectivity index is 2.13. The largest absolute Gasteiger partial charge is 0.383 e. The maximum absolute atomic E-state index is 12.7. The van der Waals surface area contributed by atoms with Gasteiger partial charge in [0, 0.05) is 19.7 Å². The second kappa shape index (κ2) is 5.99. The highest BCUT2D eigenvalue weighted by molar-refractivity contribution is 7.91. The molecule has 1 amide bonds. The Bertz CT molecular complexity index is 457. The average Bonchev–Trinajstić information content (AvgIpc) is 2.97. The molecule has 2 fully saturated rings. The summed E-state index contributed by atoms with van der Waals surface area (Å²) in [7, 11) is -1.45. The fourth-order valence-corrected chi connectivity index (χ4v) is 4.90. The molecule has 116 valence electrons. The standard InChI is InChI=1S/C13H24N2O4S/c1-19-8-7-15(11-4-9-20(17,18)10-11)12(16)13(14)5-2-3-6-13/h11H,2-10,14H2,1H3. The van der Waals surface area contributed by atoms with Gasteiger partial charge in [-0.3, -0.25) is 4.79 Å². The second-order valence-electron chi connectivity index (χ2n) is 5.91. The fourth-order valence-electron chi connectivity index (χ4n) is 3.17. The van der Waals surface area contributed by atoms with E-state index in [4.69, 9.17) is 10.5 Å². The van der Waals surface area contributed by atoms with Gasteiger partial charge >= 0.3 is 0 Å². The van der Waals surface area contributed by atoms with Gasteiger partial charge in [0.2, 0.25) is 5.91 Å². The third-order valence-corrected chi connectivity index (χ3v) is 6.12. The molecule has 1 aliphatic carbocycles. The summed E-state index contributed by atoms with van der Waals surface area (Å²) in [5, 5.41) is 0. The molecule has 2 N–H and O–H groups in total. The maximum Gasteiger partial charge on any atom is 0.243 e. The highest BCUT2D eigenvalue weighted by Crippen LogP contribution is 2.31. The molecule has 0 spiro atoms. The van der Waals surface area contributed by atoms with Crippen LogP contribution in [-0.4, -0.2) is 62.6 Å². The van der Waals surface area contributed by atoms with E-state index in [0.29, 0.717) is 32.4 Å². The summed E-state index contributed by atoms with van der Waals surface area (Å²) in [5.41, 5.74) is 5.42. The lowest BCUT2D eigenvalue weighted by Gasteiger charge is -2.35. The van der Waals surface area contributed by atoms with E-state index in [1.807, 2.05) is 0 Å². The van der Waals surface area contributed by atoms with Gasteiger partial charge in [-0.25, -0.2) is 8.42 Å². The summed E-state index contributed by atoms with van der Waals surface area (Å²) in [5.74, 6) is 0.110. The first-order chi connectivity index (χ1) is 9.38. The maximum atomic E-state index is 12.7. The van der Waals surface area contributed by atoms with Crippen LogP contribution in [0.1, 0.15) is 32.1 Å². The first-order valence-electron chi connectivity index (χ1n) is 7.17.